The van der Waals surface area contributed by atoms with E-state index in [2.05, 4.69) is 65.1 Å². The monoisotopic (exact) mass is 592 g/mol. The van der Waals surface area contributed by atoms with Gasteiger partial charge in [0.25, 0.3) is 0 Å². The molecule has 0 heterocycles. The summed E-state index contributed by atoms with van der Waals surface area (Å²) < 4.78 is 0. The normalized spacial score (nSPS) is 12.9. The minimum Gasteiger partial charge on any atom is -0.508 e. The Hall–Kier alpha value is -3.76. The zero-order valence-corrected chi connectivity index (χ0v) is 27.9. The predicted octanol–water partition coefficient (Wildman–Crippen LogP) is 10.4. The minimum atomic E-state index is -1.36. The third kappa shape index (κ3) is 9.11. The van der Waals surface area contributed by atoms with E-state index in [4.69, 9.17) is 0 Å². The van der Waals surface area contributed by atoms with Gasteiger partial charge < -0.3 is 5.11 Å². The molecule has 0 aromatic heterocycles. The summed E-state index contributed by atoms with van der Waals surface area (Å²) in [6.45, 7) is 16.1. The maximum atomic E-state index is 12.9. The summed E-state index contributed by atoms with van der Waals surface area (Å²) in [5.41, 5.74) is 4.98. The Labute approximate surface area is 260 Å². The van der Waals surface area contributed by atoms with E-state index < -0.39 is 8.07 Å². The van der Waals surface area contributed by atoms with E-state index in [1.807, 2.05) is 67.6 Å². The van der Waals surface area contributed by atoms with Crippen molar-refractivity contribution in [3.8, 4) is 5.75 Å². The third-order valence-electron chi connectivity index (χ3n) is 8.92. The van der Waals surface area contributed by atoms with Gasteiger partial charge in [-0.25, -0.2) is 0 Å². The number of ketones is 2. The lowest BCUT2D eigenvalue weighted by Gasteiger charge is -2.37. The molecule has 0 fully saturated rings. The largest absolute Gasteiger partial charge is 0.508 e. The topological polar surface area (TPSA) is 54.4 Å². The molecule has 0 aliphatic rings. The van der Waals surface area contributed by atoms with Crippen molar-refractivity contribution in [3.63, 3.8) is 0 Å². The lowest BCUT2D eigenvalue weighted by atomic mass is 9.88. The van der Waals surface area contributed by atoms with Crippen molar-refractivity contribution >= 4 is 19.6 Å². The Morgan fingerprint density at radius 2 is 1.00 bits per heavy atom. The number of Topliss-reactive ketones (excluding diaryl/α,β-unsaturated/α-hetero) is 2. The van der Waals surface area contributed by atoms with E-state index in [0.717, 1.165) is 35.6 Å². The standard InChI is InChI=1S/C23H32OSi.C16H16O2/c1-7-21(19-11-9-8-10-12-19)22(24)20-15-13-18(14-16-20)17-25(5,6)23(2,3)4;1-2-15(12-6-4-3-5-7-12)16(18)13-8-10-14(17)11-9-13/h8-16,21H,7,17H2,1-6H3;3-11,15,17H,2H2,1H3. The van der Waals surface area contributed by atoms with Crippen LogP contribution in [0.2, 0.25) is 18.1 Å². The van der Waals surface area contributed by atoms with Gasteiger partial charge in [-0.3, -0.25) is 9.59 Å². The van der Waals surface area contributed by atoms with Gasteiger partial charge in [0.15, 0.2) is 11.6 Å². The van der Waals surface area contributed by atoms with E-state index in [9.17, 15) is 14.7 Å². The molecule has 0 amide bonds. The highest BCUT2D eigenvalue weighted by Crippen LogP contribution is 2.38. The summed E-state index contributed by atoms with van der Waals surface area (Å²) in [4.78, 5) is 25.3. The second-order valence-electron chi connectivity index (χ2n) is 13.0. The first-order valence-corrected chi connectivity index (χ1v) is 18.6. The zero-order valence-electron chi connectivity index (χ0n) is 26.9. The Morgan fingerprint density at radius 1 is 0.628 bits per heavy atom. The summed E-state index contributed by atoms with van der Waals surface area (Å²) in [6.07, 6.45) is 1.60. The quantitative estimate of drug-likeness (QED) is 0.147. The molecule has 3 nitrogen and oxygen atoms in total. The van der Waals surface area contributed by atoms with Crippen LogP contribution in [0.3, 0.4) is 0 Å². The van der Waals surface area contributed by atoms with Gasteiger partial charge >= 0.3 is 0 Å². The molecule has 4 aromatic rings. The number of rotatable bonds is 10. The van der Waals surface area contributed by atoms with Crippen molar-refractivity contribution < 1.29 is 14.7 Å². The maximum absolute atomic E-state index is 12.9. The van der Waals surface area contributed by atoms with Crippen LogP contribution in [0.1, 0.15) is 96.7 Å². The molecule has 2 atom stereocenters. The van der Waals surface area contributed by atoms with Crippen LogP contribution in [0.4, 0.5) is 0 Å². The molecular formula is C39H48O3Si. The highest BCUT2D eigenvalue weighted by Gasteiger charge is 2.34. The first-order chi connectivity index (χ1) is 20.4. The fourth-order valence-corrected chi connectivity index (χ4v) is 6.89. The average molecular weight is 593 g/mol. The molecule has 4 aromatic carbocycles. The summed E-state index contributed by atoms with van der Waals surface area (Å²) >= 11 is 0. The fraction of sp³-hybridized carbons (Fsp3) is 0.333. The van der Waals surface area contributed by atoms with Crippen molar-refractivity contribution in [2.75, 3.05) is 0 Å². The molecule has 4 heteroatoms. The SMILES string of the molecule is CCC(C(=O)c1ccc(C[Si](C)(C)C(C)(C)C)cc1)c1ccccc1.CCC(C(=O)c1ccc(O)cc1)c1ccccc1. The van der Waals surface area contributed by atoms with Crippen LogP contribution in [0, 0.1) is 0 Å². The lowest BCUT2D eigenvalue weighted by Crippen LogP contribution is -2.39. The number of aromatic hydroxyl groups is 1. The number of carbonyl (C=O) groups excluding carboxylic acids is 2. The number of phenols is 1. The van der Waals surface area contributed by atoms with Gasteiger partial charge in [0.2, 0.25) is 0 Å². The second kappa shape index (κ2) is 15.1. The van der Waals surface area contributed by atoms with Crippen LogP contribution in [0.25, 0.3) is 0 Å². The smallest absolute Gasteiger partial charge is 0.170 e. The lowest BCUT2D eigenvalue weighted by molar-refractivity contribution is 0.0949. The van der Waals surface area contributed by atoms with E-state index in [0.29, 0.717) is 10.6 Å². The minimum absolute atomic E-state index is 0.0487. The summed E-state index contributed by atoms with van der Waals surface area (Å²) in [7, 11) is -1.36. The summed E-state index contributed by atoms with van der Waals surface area (Å²) in [5.74, 6) is 0.346. The van der Waals surface area contributed by atoms with Crippen LogP contribution in [-0.4, -0.2) is 24.7 Å². The van der Waals surface area contributed by atoms with Crippen molar-refractivity contribution in [1.82, 2.24) is 0 Å². The Morgan fingerprint density at radius 3 is 1.35 bits per heavy atom. The van der Waals surface area contributed by atoms with Crippen molar-refractivity contribution in [3.05, 3.63) is 137 Å². The first-order valence-electron chi connectivity index (χ1n) is 15.4. The van der Waals surface area contributed by atoms with Gasteiger partial charge in [-0.05, 0) is 59.3 Å². The number of hydrogen-bond acceptors (Lipinski definition) is 3. The molecule has 0 saturated heterocycles. The number of hydrogen-bond donors (Lipinski definition) is 1. The van der Waals surface area contributed by atoms with Crippen molar-refractivity contribution in [1.29, 1.82) is 0 Å². The predicted molar refractivity (Wildman–Crippen MR) is 183 cm³/mol. The van der Waals surface area contributed by atoms with Crippen LogP contribution >= 0.6 is 0 Å². The fourth-order valence-electron chi connectivity index (χ4n) is 5.11. The molecule has 0 aliphatic carbocycles. The van der Waals surface area contributed by atoms with Crippen LogP contribution in [-0.2, 0) is 6.04 Å². The molecule has 0 bridgehead atoms. The van der Waals surface area contributed by atoms with Gasteiger partial charge in [0.1, 0.15) is 5.75 Å². The first kappa shape index (κ1) is 33.7. The average Bonchev–Trinajstić information content (AvgIpc) is 2.99. The van der Waals surface area contributed by atoms with E-state index in [1.165, 1.54) is 5.56 Å². The Bertz CT molecular complexity index is 1430. The van der Waals surface area contributed by atoms with Gasteiger partial charge in [-0.15, -0.1) is 0 Å². The zero-order chi connectivity index (χ0) is 31.6. The van der Waals surface area contributed by atoms with Gasteiger partial charge in [-0.2, -0.15) is 0 Å². The summed E-state index contributed by atoms with van der Waals surface area (Å²) in [5, 5.41) is 9.62. The maximum Gasteiger partial charge on any atom is 0.170 e. The van der Waals surface area contributed by atoms with Crippen LogP contribution in [0.15, 0.2) is 109 Å². The second-order valence-corrected chi connectivity index (χ2v) is 18.6. The van der Waals surface area contributed by atoms with Gasteiger partial charge in [-0.1, -0.05) is 138 Å². The molecule has 1 N–H and O–H groups in total. The number of carbonyl (C=O) groups is 2. The molecule has 0 aliphatic heterocycles. The van der Waals surface area contributed by atoms with E-state index in [-0.39, 0.29) is 29.2 Å². The Kier molecular flexibility index (Phi) is 11.9. The molecule has 0 radical (unpaired) electrons. The Balaban J connectivity index is 0.000000248. The van der Waals surface area contributed by atoms with Gasteiger partial charge in [0.05, 0.1) is 8.07 Å². The third-order valence-corrected chi connectivity index (χ3v) is 14.3. The number of phenolic OH excluding ortho intramolecular Hbond substituents is 1. The van der Waals surface area contributed by atoms with Crippen LogP contribution in [0.5, 0.6) is 5.75 Å². The molecular weight excluding hydrogens is 545 g/mol. The molecule has 0 spiro atoms. The molecule has 2 unspecified atom stereocenters. The van der Waals surface area contributed by atoms with E-state index in [1.54, 1.807) is 24.3 Å². The summed E-state index contributed by atoms with van der Waals surface area (Å²) in [6, 6.07) is 35.9. The highest BCUT2D eigenvalue weighted by atomic mass is 28.3. The number of benzene rings is 4. The molecule has 0 saturated carbocycles. The van der Waals surface area contributed by atoms with Crippen LogP contribution < -0.4 is 0 Å². The highest BCUT2D eigenvalue weighted by molar-refractivity contribution is 6.79. The molecule has 43 heavy (non-hydrogen) atoms. The van der Waals surface area contributed by atoms with Gasteiger partial charge in [0, 0.05) is 23.0 Å². The molecule has 226 valence electrons. The van der Waals surface area contributed by atoms with Crippen molar-refractivity contribution in [2.24, 2.45) is 0 Å². The molecule has 4 rings (SSSR count). The van der Waals surface area contributed by atoms with E-state index >= 15 is 0 Å². The van der Waals surface area contributed by atoms with Crippen molar-refractivity contribution in [2.45, 2.75) is 83.5 Å².